The largest absolute Gasteiger partial charge is 0.382 e. The van der Waals surface area contributed by atoms with Crippen LogP contribution in [0, 0.1) is 0 Å². The van der Waals surface area contributed by atoms with E-state index in [-0.39, 0.29) is 0 Å². The molecule has 0 saturated heterocycles. The molecule has 0 fully saturated rings. The van der Waals surface area contributed by atoms with E-state index in [1.807, 2.05) is 13.8 Å². The molecule has 0 aromatic carbocycles. The Balaban J connectivity index is 0.000000162. The third kappa shape index (κ3) is 7.17. The SMILES string of the molecule is CCOCC.c1cnoc1. The fourth-order valence-corrected chi connectivity index (χ4v) is 0.380. The van der Waals surface area contributed by atoms with E-state index in [0.29, 0.717) is 0 Å². The van der Waals surface area contributed by atoms with Gasteiger partial charge in [-0.3, -0.25) is 0 Å². The molecule has 0 bridgehead atoms. The van der Waals surface area contributed by atoms with E-state index >= 15 is 0 Å². The van der Waals surface area contributed by atoms with Crippen molar-refractivity contribution in [3.8, 4) is 0 Å². The van der Waals surface area contributed by atoms with E-state index in [1.54, 1.807) is 12.3 Å². The minimum absolute atomic E-state index is 0.844. The van der Waals surface area contributed by atoms with Gasteiger partial charge in [0.15, 0.2) is 0 Å². The van der Waals surface area contributed by atoms with Crippen LogP contribution in [0.4, 0.5) is 0 Å². The molecule has 0 aliphatic carbocycles. The van der Waals surface area contributed by atoms with Crippen LogP contribution in [-0.4, -0.2) is 18.4 Å². The number of ether oxygens (including phenoxy) is 1. The predicted octanol–water partition coefficient (Wildman–Crippen LogP) is 1.72. The first-order valence-corrected chi connectivity index (χ1v) is 3.33. The summed E-state index contributed by atoms with van der Waals surface area (Å²) in [4.78, 5) is 0. The normalized spacial score (nSPS) is 8.20. The quantitative estimate of drug-likeness (QED) is 0.632. The monoisotopic (exact) mass is 143 g/mol. The van der Waals surface area contributed by atoms with Gasteiger partial charge in [-0.15, -0.1) is 0 Å². The lowest BCUT2D eigenvalue weighted by molar-refractivity contribution is 0.162. The van der Waals surface area contributed by atoms with E-state index in [1.165, 1.54) is 6.26 Å². The highest BCUT2D eigenvalue weighted by Gasteiger charge is 1.64. The lowest BCUT2D eigenvalue weighted by Gasteiger charge is -1.86. The summed E-state index contributed by atoms with van der Waals surface area (Å²) in [7, 11) is 0. The molecule has 0 radical (unpaired) electrons. The Morgan fingerprint density at radius 3 is 2.20 bits per heavy atom. The summed E-state index contributed by atoms with van der Waals surface area (Å²) < 4.78 is 9.17. The molecule has 1 rings (SSSR count). The van der Waals surface area contributed by atoms with Crippen LogP contribution >= 0.6 is 0 Å². The third-order valence-corrected chi connectivity index (χ3v) is 0.755. The van der Waals surface area contributed by atoms with Crippen molar-refractivity contribution in [2.75, 3.05) is 13.2 Å². The second-order valence-corrected chi connectivity index (χ2v) is 1.47. The highest BCUT2D eigenvalue weighted by molar-refractivity contribution is 4.67. The lowest BCUT2D eigenvalue weighted by Crippen LogP contribution is -1.84. The lowest BCUT2D eigenvalue weighted by atomic mass is 10.8. The molecule has 58 valence electrons. The molecule has 0 saturated carbocycles. The Kier molecular flexibility index (Phi) is 7.49. The molecule has 0 aliphatic heterocycles. The minimum atomic E-state index is 0.844. The number of hydrogen-bond acceptors (Lipinski definition) is 3. The van der Waals surface area contributed by atoms with Gasteiger partial charge in [-0.1, -0.05) is 5.16 Å². The van der Waals surface area contributed by atoms with Gasteiger partial charge in [-0.05, 0) is 19.9 Å². The molecule has 1 aromatic heterocycles. The van der Waals surface area contributed by atoms with Crippen LogP contribution in [0.3, 0.4) is 0 Å². The second-order valence-electron chi connectivity index (χ2n) is 1.47. The van der Waals surface area contributed by atoms with Gasteiger partial charge in [-0.2, -0.15) is 0 Å². The van der Waals surface area contributed by atoms with Gasteiger partial charge >= 0.3 is 0 Å². The molecule has 10 heavy (non-hydrogen) atoms. The van der Waals surface area contributed by atoms with E-state index in [2.05, 4.69) is 9.68 Å². The van der Waals surface area contributed by atoms with Crippen molar-refractivity contribution < 1.29 is 9.26 Å². The summed E-state index contributed by atoms with van der Waals surface area (Å²) in [5.41, 5.74) is 0. The Labute approximate surface area is 61.0 Å². The fourth-order valence-electron chi connectivity index (χ4n) is 0.380. The summed E-state index contributed by atoms with van der Waals surface area (Å²) in [6.45, 7) is 5.67. The number of hydrogen-bond donors (Lipinski definition) is 0. The van der Waals surface area contributed by atoms with Gasteiger partial charge in [0.25, 0.3) is 0 Å². The van der Waals surface area contributed by atoms with Crippen LogP contribution in [0.5, 0.6) is 0 Å². The molecule has 1 aromatic rings. The van der Waals surface area contributed by atoms with Gasteiger partial charge in [0.05, 0.1) is 6.20 Å². The van der Waals surface area contributed by atoms with Crippen molar-refractivity contribution >= 4 is 0 Å². The molecular weight excluding hydrogens is 130 g/mol. The molecule has 0 amide bonds. The van der Waals surface area contributed by atoms with Gasteiger partial charge in [0.2, 0.25) is 0 Å². The van der Waals surface area contributed by atoms with Crippen LogP contribution in [0.15, 0.2) is 23.0 Å². The van der Waals surface area contributed by atoms with Crippen molar-refractivity contribution in [3.63, 3.8) is 0 Å². The molecule has 3 heteroatoms. The first kappa shape index (κ1) is 9.17. The number of nitrogens with zero attached hydrogens (tertiary/aromatic N) is 1. The zero-order valence-corrected chi connectivity index (χ0v) is 6.41. The predicted molar refractivity (Wildman–Crippen MR) is 38.7 cm³/mol. The molecule has 0 atom stereocenters. The zero-order valence-electron chi connectivity index (χ0n) is 6.41. The van der Waals surface area contributed by atoms with Crippen LogP contribution in [0.1, 0.15) is 13.8 Å². The first-order valence-electron chi connectivity index (χ1n) is 3.33. The smallest absolute Gasteiger partial charge is 0.123 e. The maximum Gasteiger partial charge on any atom is 0.123 e. The minimum Gasteiger partial charge on any atom is -0.382 e. The Morgan fingerprint density at radius 1 is 1.40 bits per heavy atom. The van der Waals surface area contributed by atoms with E-state index in [0.717, 1.165) is 13.2 Å². The molecule has 3 nitrogen and oxygen atoms in total. The molecule has 0 N–H and O–H groups in total. The topological polar surface area (TPSA) is 35.3 Å². The summed E-state index contributed by atoms with van der Waals surface area (Å²) in [5, 5.41) is 3.35. The van der Waals surface area contributed by atoms with Crippen LogP contribution in [-0.2, 0) is 4.74 Å². The van der Waals surface area contributed by atoms with Gasteiger partial charge in [0, 0.05) is 13.2 Å². The highest BCUT2D eigenvalue weighted by Crippen LogP contribution is 1.72. The summed E-state index contributed by atoms with van der Waals surface area (Å²) >= 11 is 0. The van der Waals surface area contributed by atoms with Crippen molar-refractivity contribution in [2.24, 2.45) is 0 Å². The van der Waals surface area contributed by atoms with Crippen LogP contribution in [0.25, 0.3) is 0 Å². The average molecular weight is 143 g/mol. The van der Waals surface area contributed by atoms with Crippen LogP contribution in [0.2, 0.25) is 0 Å². The molecule has 0 spiro atoms. The van der Waals surface area contributed by atoms with Crippen LogP contribution < -0.4 is 0 Å². The van der Waals surface area contributed by atoms with E-state index in [9.17, 15) is 0 Å². The molecule has 0 unspecified atom stereocenters. The highest BCUT2D eigenvalue weighted by atomic mass is 16.5. The van der Waals surface area contributed by atoms with Crippen molar-refractivity contribution in [1.29, 1.82) is 0 Å². The molecular formula is C7H13NO2. The van der Waals surface area contributed by atoms with E-state index < -0.39 is 0 Å². The van der Waals surface area contributed by atoms with Crippen molar-refractivity contribution in [1.82, 2.24) is 5.16 Å². The Morgan fingerprint density at radius 2 is 2.10 bits per heavy atom. The number of rotatable bonds is 2. The maximum atomic E-state index is 4.83. The third-order valence-electron chi connectivity index (χ3n) is 0.755. The first-order chi connectivity index (χ1) is 4.91. The maximum absolute atomic E-state index is 4.83. The summed E-state index contributed by atoms with van der Waals surface area (Å²) in [5.74, 6) is 0. The summed E-state index contributed by atoms with van der Waals surface area (Å²) in [6.07, 6.45) is 3.10. The second kappa shape index (κ2) is 8.17. The number of aromatic nitrogens is 1. The van der Waals surface area contributed by atoms with Crippen molar-refractivity contribution in [2.45, 2.75) is 13.8 Å². The van der Waals surface area contributed by atoms with Gasteiger partial charge in [-0.25, -0.2) is 0 Å². The Hall–Kier alpha value is -0.830. The zero-order chi connectivity index (χ0) is 7.66. The van der Waals surface area contributed by atoms with Crippen molar-refractivity contribution in [3.05, 3.63) is 18.5 Å². The fraction of sp³-hybridized carbons (Fsp3) is 0.571. The molecule has 0 aliphatic rings. The summed E-state index contributed by atoms with van der Waals surface area (Å²) in [6, 6.07) is 1.72. The van der Waals surface area contributed by atoms with Gasteiger partial charge in [0.1, 0.15) is 6.26 Å². The molecule has 1 heterocycles. The van der Waals surface area contributed by atoms with E-state index in [4.69, 9.17) is 4.74 Å². The standard InChI is InChI=1S/C4H10O.C3H3NO/c1-3-5-4-2;1-2-4-5-3-1/h3-4H2,1-2H3;1-3H. The average Bonchev–Trinajstić information content (AvgIpc) is 2.44. The van der Waals surface area contributed by atoms with Gasteiger partial charge < -0.3 is 9.26 Å². The Bertz CT molecular complexity index is 97.9.